The van der Waals surface area contributed by atoms with Crippen molar-refractivity contribution in [3.05, 3.63) is 203 Å². The van der Waals surface area contributed by atoms with Crippen LogP contribution in [0.3, 0.4) is 0 Å². The number of hydrogen-bond donors (Lipinski definition) is 7. The van der Waals surface area contributed by atoms with E-state index < -0.39 is 0 Å². The van der Waals surface area contributed by atoms with E-state index >= 15 is 0 Å². The van der Waals surface area contributed by atoms with Crippen LogP contribution in [0.15, 0.2) is 180 Å². The molecule has 0 unspecified atom stereocenters. The summed E-state index contributed by atoms with van der Waals surface area (Å²) in [5.41, 5.74) is 17.3. The Hall–Kier alpha value is -5.54. The van der Waals surface area contributed by atoms with Crippen LogP contribution in [0, 0.1) is 0 Å². The average Bonchev–Trinajstić information content (AvgIpc) is 1.90. The third kappa shape index (κ3) is 35.5. The van der Waals surface area contributed by atoms with Gasteiger partial charge in [-0.3, -0.25) is 10.9 Å². The first kappa shape index (κ1) is 82.1. The highest BCUT2D eigenvalue weighted by atomic mass is 32.2. The zero-order valence-electron chi connectivity index (χ0n) is 61.2. The van der Waals surface area contributed by atoms with Gasteiger partial charge in [-0.2, -0.15) is 23.5 Å². The molecule has 7 aromatic carbocycles. The van der Waals surface area contributed by atoms with Crippen LogP contribution in [0.25, 0.3) is 0 Å². The number of rotatable bonds is 0. The molecule has 0 saturated carbocycles. The molecular formula is C85H121N7O6S4. The summed E-state index contributed by atoms with van der Waals surface area (Å²) in [4.78, 5) is 2.98. The number of anilines is 2. The Balaban J connectivity index is 0.000000141. The van der Waals surface area contributed by atoms with Crippen molar-refractivity contribution in [3.8, 4) is 23.0 Å². The topological polar surface area (TPSA) is 140 Å². The fourth-order valence-corrected chi connectivity index (χ4v) is 16.0. The summed E-state index contributed by atoms with van der Waals surface area (Å²) >= 11 is 8.08. The van der Waals surface area contributed by atoms with Crippen LogP contribution in [0.5, 0.6) is 23.0 Å². The number of para-hydroxylation sites is 6. The molecule has 0 aromatic heterocycles. The van der Waals surface area contributed by atoms with E-state index in [0.717, 1.165) is 115 Å². The number of aryl methyl sites for hydroxylation is 4. The summed E-state index contributed by atoms with van der Waals surface area (Å²) in [6.07, 6.45) is 24.8. The molecule has 13 nitrogen and oxygen atoms in total. The van der Waals surface area contributed by atoms with Crippen LogP contribution < -0.4 is 56.4 Å². The molecule has 0 radical (unpaired) electrons. The Bertz CT molecular complexity index is 2610. The predicted octanol–water partition coefficient (Wildman–Crippen LogP) is 17.1. The second kappa shape index (κ2) is 55.0. The van der Waals surface area contributed by atoms with Gasteiger partial charge in [0.05, 0.1) is 26.4 Å². The highest BCUT2D eigenvalue weighted by molar-refractivity contribution is 8.00. The molecule has 13 aliphatic heterocycles. The Labute approximate surface area is 630 Å². The van der Waals surface area contributed by atoms with E-state index in [0.29, 0.717) is 13.2 Å². The molecule has 20 rings (SSSR count). The smallest absolute Gasteiger partial charge is 0.161 e. The van der Waals surface area contributed by atoms with E-state index in [2.05, 4.69) is 164 Å². The van der Waals surface area contributed by atoms with Gasteiger partial charge in [-0.05, 0) is 215 Å². The number of hydrazine groups is 1. The number of piperidine rings is 1. The van der Waals surface area contributed by atoms with Crippen molar-refractivity contribution in [1.82, 2.24) is 26.8 Å². The average molecular weight is 1470 g/mol. The Morgan fingerprint density at radius 1 is 0.235 bits per heavy atom. The Morgan fingerprint density at radius 3 is 1.14 bits per heavy atom. The quantitative estimate of drug-likeness (QED) is 0.0774. The van der Waals surface area contributed by atoms with Crippen LogP contribution >= 0.6 is 47.0 Å². The second-order valence-corrected chi connectivity index (χ2v) is 30.5. The molecule has 7 N–H and O–H groups in total. The zero-order chi connectivity index (χ0) is 70.3. The van der Waals surface area contributed by atoms with E-state index in [1.54, 1.807) is 5.56 Å². The van der Waals surface area contributed by atoms with E-state index in [-0.39, 0.29) is 0 Å². The van der Waals surface area contributed by atoms with Gasteiger partial charge in [-0.1, -0.05) is 134 Å². The standard InChI is InChI=1S/C9H11N.C9H10O.C9H10S.C8H9N.C8H8O2.C8H8O.C8H8S.C5H11N.C5H10O.C5H10S.C4H9NO.C4H9NS.C3H8N2/c3*1-2-6-9-8(4-1)5-3-7-10-9;1-2-4-8-7(3-1)5-6-9-8;1-2-4-8-7(3-1)9-5-6-10-8;2*1-2-4-8-7(3-1)5-6-9-8;3*1-2-4-6-5-3-1;2*1-3-6-4-2-5-1;1-2-4-5-3-1/h1-2,4,6,10H,3,5,7H2;2*1-2,4,6H,3,5,7H2;1-4,9H,5-6H2;1-4H,5-6H2;2*1-4H,5-6H2;6H,1-5H2;2*1-5H2;2*5H,1-4H2;4-5H,1-3H2. The summed E-state index contributed by atoms with van der Waals surface area (Å²) in [6.45, 7) is 18.4. The van der Waals surface area contributed by atoms with Crippen LogP contribution in [-0.2, 0) is 48.0 Å². The van der Waals surface area contributed by atoms with Gasteiger partial charge in [0.25, 0.3) is 0 Å². The molecule has 0 spiro atoms. The molecule has 0 aliphatic carbocycles. The molecule has 556 valence electrons. The van der Waals surface area contributed by atoms with Gasteiger partial charge >= 0.3 is 0 Å². The maximum Gasteiger partial charge on any atom is 0.161 e. The zero-order valence-corrected chi connectivity index (χ0v) is 64.4. The van der Waals surface area contributed by atoms with Crippen LogP contribution in [0.1, 0.15) is 117 Å². The molecule has 7 aromatic rings. The minimum Gasteiger partial charge on any atom is -0.493 e. The fourth-order valence-electron chi connectivity index (χ4n) is 12.1. The van der Waals surface area contributed by atoms with E-state index in [9.17, 15) is 0 Å². The van der Waals surface area contributed by atoms with Crippen molar-refractivity contribution in [1.29, 1.82) is 0 Å². The van der Waals surface area contributed by atoms with Gasteiger partial charge in [-0.15, -0.1) is 23.5 Å². The van der Waals surface area contributed by atoms with Gasteiger partial charge in [0.2, 0.25) is 0 Å². The third-order valence-electron chi connectivity index (χ3n) is 17.8. The minimum atomic E-state index is 0.664. The van der Waals surface area contributed by atoms with Crippen LogP contribution in [-0.4, -0.2) is 153 Å². The first-order chi connectivity index (χ1) is 50.8. The molecule has 6 saturated heterocycles. The monoisotopic (exact) mass is 1460 g/mol. The lowest BCUT2D eigenvalue weighted by atomic mass is 10.0. The number of ether oxygens (including phenoxy) is 6. The molecule has 6 fully saturated rings. The fraction of sp³-hybridized carbons (Fsp3) is 0.506. The predicted molar refractivity (Wildman–Crippen MR) is 439 cm³/mol. The molecule has 102 heavy (non-hydrogen) atoms. The summed E-state index contributed by atoms with van der Waals surface area (Å²) < 4.78 is 31.4. The first-order valence-electron chi connectivity index (χ1n) is 38.5. The largest absolute Gasteiger partial charge is 0.493 e. The third-order valence-corrected chi connectivity index (χ3v) is 22.2. The molecule has 0 bridgehead atoms. The van der Waals surface area contributed by atoms with Crippen molar-refractivity contribution in [3.63, 3.8) is 0 Å². The second-order valence-electron chi connectivity index (χ2n) is 25.8. The van der Waals surface area contributed by atoms with Crippen molar-refractivity contribution >= 4 is 58.4 Å². The van der Waals surface area contributed by atoms with Gasteiger partial charge in [0, 0.05) is 110 Å². The van der Waals surface area contributed by atoms with Crippen molar-refractivity contribution in [2.45, 2.75) is 132 Å². The van der Waals surface area contributed by atoms with Crippen LogP contribution in [0.2, 0.25) is 0 Å². The van der Waals surface area contributed by atoms with Gasteiger partial charge in [0.15, 0.2) is 11.5 Å². The van der Waals surface area contributed by atoms with E-state index in [1.807, 2.05) is 89.9 Å². The lowest BCUT2D eigenvalue weighted by molar-refractivity contribution is 0.0968. The Kier molecular flexibility index (Phi) is 44.3. The SMILES string of the molecule is C1CCNCC1.C1CCOCC1.C1CCSCC1.C1CNNC1.C1COCCN1.C1CSCCN1.c1ccc2c(c1)CCCN2.c1ccc2c(c1)CCCO2.c1ccc2c(c1)CCCS2.c1ccc2c(c1)CCN2.c1ccc2c(c1)CCO2.c1ccc2c(c1)CCS2.c1ccc2c(c1)OCCO2. The first-order valence-corrected chi connectivity index (χ1v) is 42.7. The molecular weight excluding hydrogens is 1340 g/mol. The lowest BCUT2D eigenvalue weighted by Crippen LogP contribution is -2.30. The van der Waals surface area contributed by atoms with Crippen molar-refractivity contribution in [2.24, 2.45) is 0 Å². The highest BCUT2D eigenvalue weighted by Gasteiger charge is 2.13. The number of benzene rings is 7. The lowest BCUT2D eigenvalue weighted by Gasteiger charge is -2.17. The van der Waals surface area contributed by atoms with Gasteiger partial charge in [-0.25, -0.2) is 0 Å². The highest BCUT2D eigenvalue weighted by Crippen LogP contribution is 2.32. The van der Waals surface area contributed by atoms with Crippen LogP contribution in [0.4, 0.5) is 11.4 Å². The van der Waals surface area contributed by atoms with Crippen molar-refractivity contribution < 1.29 is 28.4 Å². The molecule has 13 aliphatic rings. The summed E-state index contributed by atoms with van der Waals surface area (Å²) in [5, 5.41) is 16.4. The number of hydrogen-bond acceptors (Lipinski definition) is 17. The normalized spacial score (nSPS) is 18.3. The molecule has 17 heteroatoms. The van der Waals surface area contributed by atoms with E-state index in [4.69, 9.17) is 28.4 Å². The molecule has 0 amide bonds. The molecule has 13 heterocycles. The number of morpholine rings is 1. The Morgan fingerprint density at radius 2 is 0.686 bits per heavy atom. The maximum atomic E-state index is 5.42. The number of thioether (sulfide) groups is 4. The van der Waals surface area contributed by atoms with Gasteiger partial charge < -0.3 is 55.0 Å². The molecule has 0 atom stereocenters. The van der Waals surface area contributed by atoms with Gasteiger partial charge in [0.1, 0.15) is 24.7 Å². The number of fused-ring (bicyclic) bond motifs is 7. The summed E-state index contributed by atoms with van der Waals surface area (Å²) in [5.74, 6) is 11.9. The minimum absolute atomic E-state index is 0.664. The van der Waals surface area contributed by atoms with Crippen molar-refractivity contribution in [2.75, 3.05) is 163 Å². The summed E-state index contributed by atoms with van der Waals surface area (Å²) in [6, 6.07) is 58.5. The van der Waals surface area contributed by atoms with E-state index in [1.165, 1.54) is 219 Å². The maximum absolute atomic E-state index is 5.42. The summed E-state index contributed by atoms with van der Waals surface area (Å²) in [7, 11) is 0. The number of nitrogens with one attached hydrogen (secondary N) is 7.